The number of anilines is 2. The highest BCUT2D eigenvalue weighted by Gasteiger charge is 2.59. The van der Waals surface area contributed by atoms with Crippen LogP contribution in [0.5, 0.6) is 11.6 Å². The molecule has 0 saturated carbocycles. The van der Waals surface area contributed by atoms with Gasteiger partial charge in [-0.1, -0.05) is 12.1 Å². The van der Waals surface area contributed by atoms with Gasteiger partial charge in [0.15, 0.2) is 0 Å². The molecule has 2 aliphatic heterocycles. The molecule has 2 aliphatic rings. The zero-order valence-electron chi connectivity index (χ0n) is 24.1. The van der Waals surface area contributed by atoms with Crippen LogP contribution in [0.2, 0.25) is 0 Å². The van der Waals surface area contributed by atoms with E-state index in [1.54, 1.807) is 49.7 Å². The third kappa shape index (κ3) is 5.17. The molecule has 3 aromatic heterocycles. The van der Waals surface area contributed by atoms with Gasteiger partial charge in [-0.05, 0) is 43.2 Å². The zero-order chi connectivity index (χ0) is 30.8. The number of hydrogen-bond acceptors (Lipinski definition) is 10. The first-order chi connectivity index (χ1) is 21.3. The Hall–Kier alpha value is -5.43. The number of carboxylic acid groups (broad SMARTS) is 1. The van der Waals surface area contributed by atoms with E-state index in [-0.39, 0.29) is 23.2 Å². The fourth-order valence-electron chi connectivity index (χ4n) is 5.67. The van der Waals surface area contributed by atoms with Crippen LogP contribution in [0.3, 0.4) is 0 Å². The minimum atomic E-state index is -1.18. The van der Waals surface area contributed by atoms with Crippen molar-refractivity contribution in [3.63, 3.8) is 0 Å². The highest BCUT2D eigenvalue weighted by molar-refractivity contribution is 6.30. The molecule has 1 N–H and O–H groups in total. The molecule has 224 valence electrons. The number of ether oxygens (including phenoxy) is 2. The molecule has 5 heterocycles. The van der Waals surface area contributed by atoms with Crippen molar-refractivity contribution in [1.29, 1.82) is 0 Å². The van der Waals surface area contributed by atoms with Gasteiger partial charge >= 0.3 is 12.0 Å². The summed E-state index contributed by atoms with van der Waals surface area (Å²) in [5.74, 6) is -0.126. The van der Waals surface area contributed by atoms with Crippen LogP contribution in [0.15, 0.2) is 73.3 Å². The number of aromatic nitrogens is 4. The minimum absolute atomic E-state index is 0.163. The van der Waals surface area contributed by atoms with Gasteiger partial charge in [-0.3, -0.25) is 24.6 Å². The van der Waals surface area contributed by atoms with E-state index >= 15 is 0 Å². The molecule has 0 bridgehead atoms. The average molecular weight is 596 g/mol. The number of carbonyl (C=O) groups excluding carboxylic acids is 2. The Labute approximate surface area is 252 Å². The van der Waals surface area contributed by atoms with Gasteiger partial charge in [0.25, 0.3) is 5.91 Å². The quantitative estimate of drug-likeness (QED) is 0.297. The number of carboxylic acids is 1. The summed E-state index contributed by atoms with van der Waals surface area (Å²) in [6.45, 7) is 1.64. The first kappa shape index (κ1) is 28.7. The molecule has 13 nitrogen and oxygen atoms in total. The summed E-state index contributed by atoms with van der Waals surface area (Å²) < 4.78 is 10.6. The third-order valence-electron chi connectivity index (χ3n) is 8.00. The predicted molar refractivity (Wildman–Crippen MR) is 159 cm³/mol. The van der Waals surface area contributed by atoms with Crippen molar-refractivity contribution in [2.24, 2.45) is 0 Å². The monoisotopic (exact) mass is 595 g/mol. The molecular formula is C31H29N7O6. The number of hydrogen-bond donors (Lipinski definition) is 1. The first-order valence-electron chi connectivity index (χ1n) is 13.9. The van der Waals surface area contributed by atoms with E-state index in [1.807, 2.05) is 6.07 Å². The van der Waals surface area contributed by atoms with Gasteiger partial charge in [0.2, 0.25) is 5.88 Å². The number of imide groups is 1. The molecule has 13 heteroatoms. The topological polar surface area (TPSA) is 151 Å². The molecule has 1 spiro atoms. The molecule has 1 aromatic carbocycles. The fourth-order valence-corrected chi connectivity index (χ4v) is 5.67. The summed E-state index contributed by atoms with van der Waals surface area (Å²) in [5.41, 5.74) is 1.41. The lowest BCUT2D eigenvalue weighted by molar-refractivity contribution is -0.123. The van der Waals surface area contributed by atoms with E-state index in [1.165, 1.54) is 36.7 Å². The zero-order valence-corrected chi connectivity index (χ0v) is 24.1. The lowest BCUT2D eigenvalue weighted by Gasteiger charge is -2.41. The van der Waals surface area contributed by atoms with Crippen LogP contribution in [0.1, 0.15) is 28.9 Å². The Morgan fingerprint density at radius 3 is 2.36 bits per heavy atom. The summed E-state index contributed by atoms with van der Waals surface area (Å²) in [5, 5.41) is 9.18. The van der Waals surface area contributed by atoms with Crippen LogP contribution in [-0.2, 0) is 11.3 Å². The van der Waals surface area contributed by atoms with Gasteiger partial charge < -0.3 is 14.6 Å². The molecule has 0 unspecified atom stereocenters. The van der Waals surface area contributed by atoms with Crippen LogP contribution in [0.4, 0.5) is 16.3 Å². The van der Waals surface area contributed by atoms with E-state index in [9.17, 15) is 19.5 Å². The number of aromatic carboxylic acids is 1. The van der Waals surface area contributed by atoms with Crippen molar-refractivity contribution in [2.45, 2.75) is 24.9 Å². The number of nitrogens with zero attached hydrogens (tertiary/aromatic N) is 7. The first-order valence-corrected chi connectivity index (χ1v) is 13.9. The van der Waals surface area contributed by atoms with Crippen LogP contribution < -0.4 is 19.3 Å². The maximum absolute atomic E-state index is 14.3. The second-order valence-corrected chi connectivity index (χ2v) is 10.5. The number of rotatable bonds is 8. The summed E-state index contributed by atoms with van der Waals surface area (Å²) >= 11 is 0. The van der Waals surface area contributed by atoms with Gasteiger partial charge in [-0.15, -0.1) is 0 Å². The number of amides is 3. The molecule has 2 saturated heterocycles. The van der Waals surface area contributed by atoms with Crippen molar-refractivity contribution in [3.05, 3.63) is 84.6 Å². The Bertz CT molecular complexity index is 1710. The molecule has 0 atom stereocenters. The summed E-state index contributed by atoms with van der Waals surface area (Å²) in [6.07, 6.45) is 5.21. The Morgan fingerprint density at radius 1 is 0.932 bits per heavy atom. The lowest BCUT2D eigenvalue weighted by atomic mass is 9.85. The number of carbonyl (C=O) groups is 3. The highest BCUT2D eigenvalue weighted by atomic mass is 16.5. The van der Waals surface area contributed by atoms with Crippen molar-refractivity contribution in [1.82, 2.24) is 24.8 Å². The van der Waals surface area contributed by atoms with Gasteiger partial charge in [-0.2, -0.15) is 0 Å². The number of pyridine rings is 2. The normalized spacial score (nSPS) is 16.4. The van der Waals surface area contributed by atoms with Gasteiger partial charge in [0.05, 0.1) is 43.1 Å². The predicted octanol–water partition coefficient (Wildman–Crippen LogP) is 3.66. The molecule has 6 rings (SSSR count). The SMILES string of the molecule is COc1ccnc(CN2CCC3(CC2)C(=O)N(c2ccc(-c4ccc(C(=O)O)cc4)nc2)C(=O)N3c2cc(OC)ncn2)c1. The van der Waals surface area contributed by atoms with Gasteiger partial charge in [0, 0.05) is 43.5 Å². The summed E-state index contributed by atoms with van der Waals surface area (Å²) in [7, 11) is 3.08. The summed E-state index contributed by atoms with van der Waals surface area (Å²) in [4.78, 5) is 61.8. The third-order valence-corrected chi connectivity index (χ3v) is 8.00. The second kappa shape index (κ2) is 11.7. The number of piperidine rings is 1. The fraction of sp³-hybridized carbons (Fsp3) is 0.258. The minimum Gasteiger partial charge on any atom is -0.497 e. The Balaban J connectivity index is 1.29. The average Bonchev–Trinajstić information content (AvgIpc) is 3.27. The smallest absolute Gasteiger partial charge is 0.338 e. The van der Waals surface area contributed by atoms with E-state index < -0.39 is 17.5 Å². The number of likely N-dealkylation sites (tertiary alicyclic amines) is 1. The molecule has 0 aliphatic carbocycles. The van der Waals surface area contributed by atoms with Crippen molar-refractivity contribution >= 4 is 29.4 Å². The van der Waals surface area contributed by atoms with Crippen molar-refractivity contribution in [3.8, 4) is 22.9 Å². The van der Waals surface area contributed by atoms with Gasteiger partial charge in [0.1, 0.15) is 23.4 Å². The highest BCUT2D eigenvalue weighted by Crippen LogP contribution is 2.42. The lowest BCUT2D eigenvalue weighted by Crippen LogP contribution is -2.57. The van der Waals surface area contributed by atoms with Crippen LogP contribution in [-0.4, -0.2) is 80.7 Å². The second-order valence-electron chi connectivity index (χ2n) is 10.5. The molecular weight excluding hydrogens is 566 g/mol. The molecule has 4 aromatic rings. The van der Waals surface area contributed by atoms with E-state index in [4.69, 9.17) is 9.47 Å². The Kier molecular flexibility index (Phi) is 7.62. The van der Waals surface area contributed by atoms with Crippen LogP contribution in [0, 0.1) is 0 Å². The van der Waals surface area contributed by atoms with Gasteiger partial charge in [-0.25, -0.2) is 24.5 Å². The van der Waals surface area contributed by atoms with Crippen molar-refractivity contribution < 1.29 is 29.0 Å². The molecule has 2 fully saturated rings. The maximum atomic E-state index is 14.3. The maximum Gasteiger partial charge on any atom is 0.338 e. The van der Waals surface area contributed by atoms with E-state index in [0.717, 1.165) is 16.3 Å². The van der Waals surface area contributed by atoms with E-state index in [0.29, 0.717) is 49.4 Å². The number of urea groups is 1. The molecule has 3 amide bonds. The summed E-state index contributed by atoms with van der Waals surface area (Å²) in [6, 6.07) is 14.3. The number of methoxy groups -OCH3 is 2. The largest absolute Gasteiger partial charge is 0.497 e. The standard InChI is InChI=1S/C31H29N7O6/c1-43-24-9-12-32-22(15-24)18-36-13-10-31(11-14-36)29(41)37(30(42)38(31)26-16-27(44-2)35-19-34-26)23-7-8-25(33-17-23)20-3-5-21(6-4-20)28(39)40/h3-9,12,15-17,19H,10-11,13-14,18H2,1-2H3,(H,39,40). The van der Waals surface area contributed by atoms with Crippen LogP contribution in [0.25, 0.3) is 11.3 Å². The van der Waals surface area contributed by atoms with E-state index in [2.05, 4.69) is 24.8 Å². The van der Waals surface area contributed by atoms with Crippen LogP contribution >= 0.6 is 0 Å². The Morgan fingerprint density at radius 2 is 1.70 bits per heavy atom. The molecule has 44 heavy (non-hydrogen) atoms. The number of benzene rings is 1. The van der Waals surface area contributed by atoms with Crippen molar-refractivity contribution in [2.75, 3.05) is 37.1 Å². The molecule has 0 radical (unpaired) electrons.